The van der Waals surface area contributed by atoms with Gasteiger partial charge in [0.15, 0.2) is 23.0 Å². The molecule has 4 nitrogen and oxygen atoms in total. The van der Waals surface area contributed by atoms with E-state index in [4.69, 9.17) is 9.47 Å². The lowest BCUT2D eigenvalue weighted by Gasteiger charge is -2.45. The molecule has 3 aliphatic heterocycles. The van der Waals surface area contributed by atoms with Gasteiger partial charge in [0.1, 0.15) is 0 Å². The SMILES string of the molecule is Cc1cc2c(cc1N1c3cc4c(cc3B3c5c1cc1c(c5-c5cc(C(C)(C)C)cc6c7cc(C(C)(C)C)ccc7n3c56)C(C)(C)c3ccccc3-1)Oc1ccccc1O4)C(C)(C)CCC2(C)C. The lowest BCUT2D eigenvalue weighted by Crippen LogP contribution is -2.57. The first-order chi connectivity index (χ1) is 31.6. The molecule has 0 saturated carbocycles. The number of nitrogens with zero attached hydrogens (tertiary/aromatic N) is 2. The minimum Gasteiger partial charge on any atom is -0.450 e. The summed E-state index contributed by atoms with van der Waals surface area (Å²) in [4.78, 5) is 2.63. The Morgan fingerprint density at radius 1 is 0.537 bits per heavy atom. The maximum atomic E-state index is 6.88. The summed E-state index contributed by atoms with van der Waals surface area (Å²) < 4.78 is 16.4. The number of hydrogen-bond acceptors (Lipinski definition) is 3. The predicted molar refractivity (Wildman–Crippen MR) is 282 cm³/mol. The highest BCUT2D eigenvalue weighted by atomic mass is 16.6. The predicted octanol–water partition coefficient (Wildman–Crippen LogP) is 15.7. The van der Waals surface area contributed by atoms with E-state index < -0.39 is 0 Å². The van der Waals surface area contributed by atoms with Crippen LogP contribution in [-0.4, -0.2) is 11.3 Å². The fraction of sp³-hybridized carbons (Fsp3) is 0.323. The monoisotopic (exact) mass is 876 g/mol. The first-order valence-electron chi connectivity index (χ1n) is 24.7. The van der Waals surface area contributed by atoms with Crippen LogP contribution < -0.4 is 25.3 Å². The fourth-order valence-electron chi connectivity index (χ4n) is 13.0. The van der Waals surface area contributed by atoms with Crippen LogP contribution in [-0.2, 0) is 27.1 Å². The largest absolute Gasteiger partial charge is 0.450 e. The van der Waals surface area contributed by atoms with Gasteiger partial charge in [-0.1, -0.05) is 132 Å². The third kappa shape index (κ3) is 5.43. The van der Waals surface area contributed by atoms with Gasteiger partial charge in [-0.05, 0) is 163 Å². The minimum absolute atomic E-state index is 0.0127. The summed E-state index contributed by atoms with van der Waals surface area (Å²) in [5, 5.41) is 2.64. The molecular weight excluding hydrogens is 816 g/mol. The number of rotatable bonds is 1. The van der Waals surface area contributed by atoms with Crippen molar-refractivity contribution in [2.75, 3.05) is 4.90 Å². The van der Waals surface area contributed by atoms with E-state index in [1.807, 2.05) is 24.3 Å². The third-order valence-corrected chi connectivity index (χ3v) is 16.9. The molecule has 0 spiro atoms. The van der Waals surface area contributed by atoms with Gasteiger partial charge in [0, 0.05) is 55.9 Å². The van der Waals surface area contributed by atoms with Crippen LogP contribution in [0.2, 0.25) is 0 Å². The van der Waals surface area contributed by atoms with Gasteiger partial charge in [-0.3, -0.25) is 0 Å². The van der Waals surface area contributed by atoms with Crippen LogP contribution in [0.15, 0.2) is 109 Å². The van der Waals surface area contributed by atoms with Gasteiger partial charge in [-0.15, -0.1) is 0 Å². The Bertz CT molecular complexity index is 3550. The molecular formula is C62H61BN2O2. The molecule has 0 bridgehead atoms. The number of benzene rings is 7. The van der Waals surface area contributed by atoms with E-state index >= 15 is 0 Å². The molecule has 67 heavy (non-hydrogen) atoms. The smallest absolute Gasteiger partial charge is 0.333 e. The van der Waals surface area contributed by atoms with E-state index in [-0.39, 0.29) is 33.9 Å². The van der Waals surface area contributed by atoms with Crippen molar-refractivity contribution in [1.29, 1.82) is 0 Å². The Morgan fingerprint density at radius 2 is 1.16 bits per heavy atom. The molecule has 8 aromatic rings. The van der Waals surface area contributed by atoms with Gasteiger partial charge in [0.2, 0.25) is 0 Å². The van der Waals surface area contributed by atoms with Crippen LogP contribution in [0.4, 0.5) is 17.1 Å². The van der Waals surface area contributed by atoms with Crippen molar-refractivity contribution in [3.05, 3.63) is 148 Å². The molecule has 13 rings (SSSR count). The van der Waals surface area contributed by atoms with E-state index in [0.717, 1.165) is 35.1 Å². The fourth-order valence-corrected chi connectivity index (χ4v) is 13.0. The van der Waals surface area contributed by atoms with Crippen molar-refractivity contribution in [2.45, 2.75) is 130 Å². The van der Waals surface area contributed by atoms with Gasteiger partial charge >= 0.3 is 6.85 Å². The second kappa shape index (κ2) is 12.9. The summed E-state index contributed by atoms with van der Waals surface area (Å²) in [7, 11) is 0. The number of hydrogen-bond donors (Lipinski definition) is 0. The quantitative estimate of drug-likeness (QED) is 0.154. The number of anilines is 3. The molecule has 0 saturated heterocycles. The summed E-state index contributed by atoms with van der Waals surface area (Å²) in [5.74, 6) is 2.96. The van der Waals surface area contributed by atoms with Crippen molar-refractivity contribution in [1.82, 2.24) is 4.48 Å². The Balaban J connectivity index is 1.23. The molecule has 0 N–H and O–H groups in total. The normalized spacial score (nSPS) is 17.4. The Morgan fingerprint density at radius 3 is 1.85 bits per heavy atom. The van der Waals surface area contributed by atoms with Crippen molar-refractivity contribution in [3.8, 4) is 45.3 Å². The highest BCUT2D eigenvalue weighted by molar-refractivity contribution is 6.90. The number of aromatic nitrogens is 1. The maximum absolute atomic E-state index is 6.88. The summed E-state index contributed by atoms with van der Waals surface area (Å²) in [6, 6.07) is 42.0. The molecule has 0 radical (unpaired) electrons. The minimum atomic E-state index is -0.253. The average molecular weight is 877 g/mol. The number of fused-ring (bicyclic) bond motifs is 14. The molecule has 1 aromatic heterocycles. The molecule has 2 aliphatic carbocycles. The maximum Gasteiger partial charge on any atom is 0.333 e. The molecule has 5 aliphatic rings. The Kier molecular flexibility index (Phi) is 7.88. The highest BCUT2D eigenvalue weighted by Crippen LogP contribution is 2.59. The van der Waals surface area contributed by atoms with Crippen LogP contribution >= 0.6 is 0 Å². The van der Waals surface area contributed by atoms with Crippen LogP contribution in [0.25, 0.3) is 44.1 Å². The third-order valence-electron chi connectivity index (χ3n) is 16.9. The van der Waals surface area contributed by atoms with Crippen molar-refractivity contribution in [2.24, 2.45) is 0 Å². The van der Waals surface area contributed by atoms with Crippen molar-refractivity contribution < 1.29 is 9.47 Å². The van der Waals surface area contributed by atoms with Gasteiger partial charge in [-0.25, -0.2) is 0 Å². The zero-order chi connectivity index (χ0) is 46.6. The van der Waals surface area contributed by atoms with Gasteiger partial charge in [0.25, 0.3) is 0 Å². The summed E-state index contributed by atoms with van der Waals surface area (Å²) in [6.07, 6.45) is 2.32. The lowest BCUT2D eigenvalue weighted by molar-refractivity contribution is 0.332. The van der Waals surface area contributed by atoms with Crippen LogP contribution in [0, 0.1) is 6.92 Å². The topological polar surface area (TPSA) is 26.6 Å². The molecule has 7 aromatic carbocycles. The van der Waals surface area contributed by atoms with Crippen molar-refractivity contribution >= 4 is 56.6 Å². The summed E-state index contributed by atoms with van der Waals surface area (Å²) >= 11 is 0. The van der Waals surface area contributed by atoms with E-state index in [2.05, 4.69) is 184 Å². The van der Waals surface area contributed by atoms with Crippen molar-refractivity contribution in [3.63, 3.8) is 0 Å². The first kappa shape index (κ1) is 41.0. The van der Waals surface area contributed by atoms with E-state index in [0.29, 0.717) is 0 Å². The van der Waals surface area contributed by atoms with E-state index in [1.165, 1.54) is 112 Å². The highest BCUT2D eigenvalue weighted by Gasteiger charge is 2.50. The molecule has 4 heterocycles. The number of ether oxygens (including phenoxy) is 2. The molecule has 5 heteroatoms. The van der Waals surface area contributed by atoms with Gasteiger partial charge in [0.05, 0.1) is 0 Å². The van der Waals surface area contributed by atoms with E-state index in [9.17, 15) is 0 Å². The second-order valence-corrected chi connectivity index (χ2v) is 24.5. The molecule has 334 valence electrons. The zero-order valence-electron chi connectivity index (χ0n) is 41.6. The number of para-hydroxylation sites is 2. The van der Waals surface area contributed by atoms with Crippen LogP contribution in [0.1, 0.15) is 135 Å². The Hall–Kier alpha value is -6.20. The van der Waals surface area contributed by atoms with E-state index in [1.54, 1.807) is 0 Å². The summed E-state index contributed by atoms with van der Waals surface area (Å²) in [6.45, 7) is 31.0. The molecule has 0 fully saturated rings. The summed E-state index contributed by atoms with van der Waals surface area (Å²) in [5.41, 5.74) is 23.6. The molecule has 0 atom stereocenters. The Labute approximate surface area is 397 Å². The lowest BCUT2D eigenvalue weighted by atomic mass is 9.44. The zero-order valence-corrected chi connectivity index (χ0v) is 41.6. The number of aryl methyl sites for hydroxylation is 1. The molecule has 0 amide bonds. The van der Waals surface area contributed by atoms with Gasteiger partial charge < -0.3 is 18.9 Å². The van der Waals surface area contributed by atoms with Crippen LogP contribution in [0.3, 0.4) is 0 Å². The second-order valence-electron chi connectivity index (χ2n) is 24.5. The van der Waals surface area contributed by atoms with Crippen LogP contribution in [0.5, 0.6) is 23.0 Å². The average Bonchev–Trinajstić information content (AvgIpc) is 3.72. The molecule has 0 unspecified atom stereocenters. The standard InChI is InChI=1S/C62H61BN2O2/c1-34-26-43-44(61(10,11)25-24-60(43,8)9)31-47(34)64-48-33-53-52(66-50-20-16-17-21-51(50)67-53)32-45(48)63-56-49(64)30-39-37-18-14-15-19-42(37)62(12,13)55(39)54(56)41-29-36(59(5,6)7)28-40-38-27-35(58(2,3)4)22-23-46(38)65(63)57(40)41/h14-23,26-33H,24-25H2,1-13H3. The first-order valence-corrected chi connectivity index (χ1v) is 24.7. The van der Waals surface area contributed by atoms with Gasteiger partial charge in [-0.2, -0.15) is 0 Å².